The Hall–Kier alpha value is -2.10. The largest absolute Gasteiger partial charge is 0.361 e. The van der Waals surface area contributed by atoms with Crippen LogP contribution in [-0.4, -0.2) is 15.6 Å². The minimum atomic E-state index is 0.114. The van der Waals surface area contributed by atoms with Gasteiger partial charge in [-0.25, -0.2) is 0 Å². The van der Waals surface area contributed by atoms with E-state index in [4.69, 9.17) is 5.10 Å². The van der Waals surface area contributed by atoms with Crippen molar-refractivity contribution in [3.63, 3.8) is 0 Å². The second-order valence-electron chi connectivity index (χ2n) is 6.23. The molecule has 4 rings (SSSR count). The SMILES string of the molecule is CC(=O)c1cccc(N2Cc3cn(CC4CC4)nc3C2)c1. The minimum absolute atomic E-state index is 0.114. The van der Waals surface area contributed by atoms with Crippen LogP contribution in [0, 0.1) is 5.92 Å². The molecular weight excluding hydrogens is 262 g/mol. The molecule has 2 heterocycles. The highest BCUT2D eigenvalue weighted by Gasteiger charge is 2.26. The van der Waals surface area contributed by atoms with Crippen molar-refractivity contribution in [2.24, 2.45) is 5.92 Å². The molecule has 108 valence electrons. The highest BCUT2D eigenvalue weighted by molar-refractivity contribution is 5.95. The summed E-state index contributed by atoms with van der Waals surface area (Å²) in [5.41, 5.74) is 4.39. The van der Waals surface area contributed by atoms with Gasteiger partial charge in [-0.3, -0.25) is 9.48 Å². The number of benzene rings is 1. The predicted octanol–water partition coefficient (Wildman–Crippen LogP) is 3.02. The van der Waals surface area contributed by atoms with Gasteiger partial charge >= 0.3 is 0 Å². The maximum Gasteiger partial charge on any atom is 0.159 e. The van der Waals surface area contributed by atoms with Gasteiger partial charge in [-0.05, 0) is 37.8 Å². The monoisotopic (exact) mass is 281 g/mol. The third-order valence-corrected chi connectivity index (χ3v) is 4.39. The van der Waals surface area contributed by atoms with Gasteiger partial charge in [0, 0.05) is 36.1 Å². The van der Waals surface area contributed by atoms with E-state index in [9.17, 15) is 4.79 Å². The molecule has 0 amide bonds. The molecule has 0 atom stereocenters. The van der Waals surface area contributed by atoms with Crippen LogP contribution < -0.4 is 4.90 Å². The number of aromatic nitrogens is 2. The molecule has 0 N–H and O–H groups in total. The maximum atomic E-state index is 11.5. The number of Topliss-reactive ketones (excluding diaryl/α,β-unsaturated/α-hetero) is 1. The Bertz CT molecular complexity index is 676. The molecule has 1 aromatic carbocycles. The normalized spacial score (nSPS) is 17.1. The lowest BCUT2D eigenvalue weighted by atomic mass is 10.1. The average Bonchev–Trinajstić information content (AvgIpc) is 3.06. The summed E-state index contributed by atoms with van der Waals surface area (Å²) < 4.78 is 2.12. The van der Waals surface area contributed by atoms with Crippen molar-refractivity contribution in [3.8, 4) is 0 Å². The number of ketones is 1. The first kappa shape index (κ1) is 12.6. The molecule has 0 saturated heterocycles. The number of fused-ring (bicyclic) bond motifs is 1. The molecule has 1 fully saturated rings. The van der Waals surface area contributed by atoms with Crippen LogP contribution in [0.2, 0.25) is 0 Å². The molecule has 4 heteroatoms. The highest BCUT2D eigenvalue weighted by atomic mass is 16.1. The lowest BCUT2D eigenvalue weighted by Gasteiger charge is -2.18. The van der Waals surface area contributed by atoms with Gasteiger partial charge in [0.2, 0.25) is 0 Å². The molecule has 2 aromatic rings. The van der Waals surface area contributed by atoms with Crippen LogP contribution in [0.4, 0.5) is 5.69 Å². The van der Waals surface area contributed by atoms with Crippen LogP contribution in [0.3, 0.4) is 0 Å². The fourth-order valence-corrected chi connectivity index (χ4v) is 2.97. The standard InChI is InChI=1S/C17H19N3O/c1-12(21)14-3-2-4-16(7-14)19-9-15-10-20(8-13-5-6-13)18-17(15)11-19/h2-4,7,10,13H,5-6,8-9,11H2,1H3. The number of hydrogen-bond acceptors (Lipinski definition) is 3. The lowest BCUT2D eigenvalue weighted by Crippen LogP contribution is -2.16. The first-order valence-corrected chi connectivity index (χ1v) is 7.60. The second-order valence-corrected chi connectivity index (χ2v) is 6.23. The molecule has 0 bridgehead atoms. The van der Waals surface area contributed by atoms with Crippen molar-refractivity contribution in [2.75, 3.05) is 4.90 Å². The molecule has 0 radical (unpaired) electrons. The summed E-state index contributed by atoms with van der Waals surface area (Å²) in [4.78, 5) is 13.8. The Morgan fingerprint density at radius 3 is 2.90 bits per heavy atom. The van der Waals surface area contributed by atoms with Crippen molar-refractivity contribution in [3.05, 3.63) is 47.3 Å². The Kier molecular flexibility index (Phi) is 2.84. The average molecular weight is 281 g/mol. The minimum Gasteiger partial charge on any atom is -0.361 e. The van der Waals surface area contributed by atoms with Crippen molar-refractivity contribution in [1.29, 1.82) is 0 Å². The summed E-state index contributed by atoms with van der Waals surface area (Å²) in [6.45, 7) is 4.42. The number of hydrogen-bond donors (Lipinski definition) is 0. The van der Waals surface area contributed by atoms with Crippen molar-refractivity contribution in [2.45, 2.75) is 39.4 Å². The number of carbonyl (C=O) groups is 1. The van der Waals surface area contributed by atoms with E-state index in [0.29, 0.717) is 0 Å². The van der Waals surface area contributed by atoms with Crippen LogP contribution in [0.1, 0.15) is 41.4 Å². The van der Waals surface area contributed by atoms with Crippen molar-refractivity contribution < 1.29 is 4.79 Å². The smallest absolute Gasteiger partial charge is 0.159 e. The highest BCUT2D eigenvalue weighted by Crippen LogP contribution is 2.32. The van der Waals surface area contributed by atoms with E-state index >= 15 is 0 Å². The van der Waals surface area contributed by atoms with E-state index in [1.54, 1.807) is 6.92 Å². The Balaban J connectivity index is 1.52. The van der Waals surface area contributed by atoms with E-state index in [0.717, 1.165) is 36.8 Å². The molecule has 0 unspecified atom stereocenters. The molecule has 1 saturated carbocycles. The van der Waals surface area contributed by atoms with Gasteiger partial charge in [0.25, 0.3) is 0 Å². The Labute approximate surface area is 124 Å². The van der Waals surface area contributed by atoms with Gasteiger partial charge in [0.05, 0.1) is 12.2 Å². The number of nitrogens with zero attached hydrogens (tertiary/aromatic N) is 3. The van der Waals surface area contributed by atoms with Crippen LogP contribution in [0.25, 0.3) is 0 Å². The van der Waals surface area contributed by atoms with Crippen LogP contribution >= 0.6 is 0 Å². The molecule has 1 aliphatic carbocycles. The summed E-state index contributed by atoms with van der Waals surface area (Å²) in [5.74, 6) is 0.969. The van der Waals surface area contributed by atoms with E-state index in [2.05, 4.69) is 21.8 Å². The summed E-state index contributed by atoms with van der Waals surface area (Å²) in [7, 11) is 0. The molecule has 1 aromatic heterocycles. The molecule has 1 aliphatic heterocycles. The topological polar surface area (TPSA) is 38.1 Å². The number of rotatable bonds is 4. The quantitative estimate of drug-likeness (QED) is 0.809. The summed E-state index contributed by atoms with van der Waals surface area (Å²) in [5, 5.41) is 4.71. The first-order chi connectivity index (χ1) is 10.2. The van der Waals surface area contributed by atoms with Crippen LogP contribution in [0.15, 0.2) is 30.5 Å². The molecule has 21 heavy (non-hydrogen) atoms. The van der Waals surface area contributed by atoms with Crippen molar-refractivity contribution >= 4 is 11.5 Å². The second kappa shape index (κ2) is 4.72. The Morgan fingerprint density at radius 2 is 2.19 bits per heavy atom. The summed E-state index contributed by atoms with van der Waals surface area (Å²) in [6.07, 6.45) is 4.91. The third-order valence-electron chi connectivity index (χ3n) is 4.39. The van der Waals surface area contributed by atoms with Gasteiger partial charge in [-0.1, -0.05) is 12.1 Å². The third kappa shape index (κ3) is 2.46. The molecular formula is C17H19N3O. The van der Waals surface area contributed by atoms with Crippen LogP contribution in [0.5, 0.6) is 0 Å². The van der Waals surface area contributed by atoms with E-state index < -0.39 is 0 Å². The maximum absolute atomic E-state index is 11.5. The van der Waals surface area contributed by atoms with Gasteiger partial charge < -0.3 is 4.90 Å². The van der Waals surface area contributed by atoms with Gasteiger partial charge in [-0.15, -0.1) is 0 Å². The zero-order valence-corrected chi connectivity index (χ0v) is 12.2. The zero-order chi connectivity index (χ0) is 14.4. The van der Waals surface area contributed by atoms with Gasteiger partial charge in [0.1, 0.15) is 0 Å². The van der Waals surface area contributed by atoms with E-state index in [1.165, 1.54) is 24.1 Å². The first-order valence-electron chi connectivity index (χ1n) is 7.60. The fourth-order valence-electron chi connectivity index (χ4n) is 2.97. The molecule has 4 nitrogen and oxygen atoms in total. The molecule has 2 aliphatic rings. The van der Waals surface area contributed by atoms with Gasteiger partial charge in [-0.2, -0.15) is 5.10 Å². The van der Waals surface area contributed by atoms with E-state index in [1.807, 2.05) is 18.2 Å². The summed E-state index contributed by atoms with van der Waals surface area (Å²) >= 11 is 0. The van der Waals surface area contributed by atoms with Crippen molar-refractivity contribution in [1.82, 2.24) is 9.78 Å². The number of carbonyl (C=O) groups excluding carboxylic acids is 1. The fraction of sp³-hybridized carbons (Fsp3) is 0.412. The van der Waals surface area contributed by atoms with Gasteiger partial charge in [0.15, 0.2) is 5.78 Å². The predicted molar refractivity (Wildman–Crippen MR) is 81.3 cm³/mol. The zero-order valence-electron chi connectivity index (χ0n) is 12.2. The summed E-state index contributed by atoms with van der Waals surface area (Å²) in [6, 6.07) is 7.87. The Morgan fingerprint density at radius 1 is 1.33 bits per heavy atom. The lowest BCUT2D eigenvalue weighted by molar-refractivity contribution is 0.101. The number of anilines is 1. The van der Waals surface area contributed by atoms with E-state index in [-0.39, 0.29) is 5.78 Å². The van der Waals surface area contributed by atoms with Crippen LogP contribution in [-0.2, 0) is 19.6 Å². The molecule has 0 spiro atoms.